The SMILES string of the molecule is Nc1ccc2c(c1)CCC2n1cn[nH]c1=O. The number of aromatic amines is 1. The number of anilines is 1. The van der Waals surface area contributed by atoms with Crippen LogP contribution in [0, 0.1) is 0 Å². The molecule has 16 heavy (non-hydrogen) atoms. The van der Waals surface area contributed by atoms with Gasteiger partial charge in [0.2, 0.25) is 0 Å². The van der Waals surface area contributed by atoms with Crippen LogP contribution in [-0.2, 0) is 6.42 Å². The third-order valence-corrected chi connectivity index (χ3v) is 3.13. The zero-order valence-corrected chi connectivity index (χ0v) is 8.68. The number of H-pyrrole nitrogens is 1. The maximum atomic E-state index is 11.5. The van der Waals surface area contributed by atoms with E-state index in [1.807, 2.05) is 18.2 Å². The van der Waals surface area contributed by atoms with Gasteiger partial charge >= 0.3 is 5.69 Å². The first-order chi connectivity index (χ1) is 7.75. The molecule has 0 spiro atoms. The second-order valence-electron chi connectivity index (χ2n) is 4.08. The van der Waals surface area contributed by atoms with Crippen molar-refractivity contribution in [3.8, 4) is 0 Å². The second-order valence-corrected chi connectivity index (χ2v) is 4.08. The summed E-state index contributed by atoms with van der Waals surface area (Å²) in [5.74, 6) is 0. The van der Waals surface area contributed by atoms with E-state index < -0.39 is 0 Å². The van der Waals surface area contributed by atoms with Crippen LogP contribution in [0.2, 0.25) is 0 Å². The van der Waals surface area contributed by atoms with Crippen molar-refractivity contribution in [2.45, 2.75) is 18.9 Å². The summed E-state index contributed by atoms with van der Waals surface area (Å²) in [6.45, 7) is 0. The Morgan fingerprint density at radius 2 is 2.38 bits per heavy atom. The average molecular weight is 216 g/mol. The summed E-state index contributed by atoms with van der Waals surface area (Å²) < 4.78 is 1.64. The number of aromatic nitrogens is 3. The van der Waals surface area contributed by atoms with Gasteiger partial charge in [-0.15, -0.1) is 0 Å². The Kier molecular flexibility index (Phi) is 1.86. The summed E-state index contributed by atoms with van der Waals surface area (Å²) in [5.41, 5.74) is 8.77. The van der Waals surface area contributed by atoms with E-state index in [4.69, 9.17) is 5.73 Å². The van der Waals surface area contributed by atoms with Gasteiger partial charge in [0.1, 0.15) is 6.33 Å². The van der Waals surface area contributed by atoms with Crippen LogP contribution in [0.3, 0.4) is 0 Å². The number of nitrogens with zero attached hydrogens (tertiary/aromatic N) is 2. The predicted octanol–water partition coefficient (Wildman–Crippen LogP) is 0.689. The maximum absolute atomic E-state index is 11.5. The molecule has 0 aliphatic heterocycles. The van der Waals surface area contributed by atoms with Crippen LogP contribution in [-0.4, -0.2) is 14.8 Å². The highest BCUT2D eigenvalue weighted by Gasteiger charge is 2.25. The molecule has 0 fully saturated rings. The van der Waals surface area contributed by atoms with E-state index in [-0.39, 0.29) is 11.7 Å². The molecule has 1 heterocycles. The number of nitrogen functional groups attached to an aromatic ring is 1. The minimum atomic E-state index is -0.158. The zero-order valence-electron chi connectivity index (χ0n) is 8.68. The molecule has 2 aromatic rings. The number of nitrogens with two attached hydrogens (primary N) is 1. The summed E-state index contributed by atoms with van der Waals surface area (Å²) in [7, 11) is 0. The minimum absolute atomic E-state index is 0.0989. The Labute approximate surface area is 91.9 Å². The van der Waals surface area contributed by atoms with Crippen molar-refractivity contribution in [1.82, 2.24) is 14.8 Å². The molecular formula is C11H12N4O. The van der Waals surface area contributed by atoms with Gasteiger partial charge in [0.05, 0.1) is 6.04 Å². The molecule has 1 aromatic carbocycles. The molecule has 1 aliphatic rings. The smallest absolute Gasteiger partial charge is 0.343 e. The lowest BCUT2D eigenvalue weighted by atomic mass is 10.1. The van der Waals surface area contributed by atoms with Crippen LogP contribution in [0.1, 0.15) is 23.6 Å². The summed E-state index contributed by atoms with van der Waals surface area (Å²) in [6, 6.07) is 5.96. The fourth-order valence-electron chi connectivity index (χ4n) is 2.38. The lowest BCUT2D eigenvalue weighted by Crippen LogP contribution is -2.21. The molecule has 1 unspecified atom stereocenters. The Morgan fingerprint density at radius 3 is 3.12 bits per heavy atom. The van der Waals surface area contributed by atoms with E-state index in [1.54, 1.807) is 10.9 Å². The summed E-state index contributed by atoms with van der Waals surface area (Å²) >= 11 is 0. The van der Waals surface area contributed by atoms with Crippen LogP contribution in [0.5, 0.6) is 0 Å². The van der Waals surface area contributed by atoms with E-state index in [0.717, 1.165) is 18.5 Å². The summed E-state index contributed by atoms with van der Waals surface area (Å²) in [4.78, 5) is 11.5. The molecule has 0 radical (unpaired) electrons. The lowest BCUT2D eigenvalue weighted by Gasteiger charge is -2.11. The van der Waals surface area contributed by atoms with Gasteiger partial charge < -0.3 is 5.73 Å². The fourth-order valence-corrected chi connectivity index (χ4v) is 2.38. The molecule has 5 heteroatoms. The van der Waals surface area contributed by atoms with Gasteiger partial charge in [-0.25, -0.2) is 9.89 Å². The first kappa shape index (κ1) is 9.21. The summed E-state index contributed by atoms with van der Waals surface area (Å²) in [5, 5.41) is 6.18. The van der Waals surface area contributed by atoms with Crippen LogP contribution in [0.15, 0.2) is 29.3 Å². The number of benzene rings is 1. The van der Waals surface area contributed by atoms with E-state index in [1.165, 1.54) is 11.1 Å². The molecule has 1 atom stereocenters. The lowest BCUT2D eigenvalue weighted by molar-refractivity contribution is 0.562. The third kappa shape index (κ3) is 1.25. The van der Waals surface area contributed by atoms with E-state index in [9.17, 15) is 4.79 Å². The van der Waals surface area contributed by atoms with Gasteiger partial charge in [0.25, 0.3) is 0 Å². The van der Waals surface area contributed by atoms with Crippen molar-refractivity contribution < 1.29 is 0 Å². The predicted molar refractivity (Wildman–Crippen MR) is 60.2 cm³/mol. The van der Waals surface area contributed by atoms with Gasteiger partial charge in [-0.3, -0.25) is 4.57 Å². The van der Waals surface area contributed by atoms with Crippen molar-refractivity contribution in [1.29, 1.82) is 0 Å². The van der Waals surface area contributed by atoms with Gasteiger partial charge in [0, 0.05) is 5.69 Å². The highest BCUT2D eigenvalue weighted by atomic mass is 16.1. The van der Waals surface area contributed by atoms with Crippen molar-refractivity contribution in [2.75, 3.05) is 5.73 Å². The number of hydrogen-bond donors (Lipinski definition) is 2. The molecular weight excluding hydrogens is 204 g/mol. The second kappa shape index (κ2) is 3.23. The Bertz CT molecular complexity index is 584. The number of aryl methyl sites for hydroxylation is 1. The van der Waals surface area contributed by atoms with Crippen molar-refractivity contribution in [3.63, 3.8) is 0 Å². The third-order valence-electron chi connectivity index (χ3n) is 3.13. The molecule has 0 saturated heterocycles. The minimum Gasteiger partial charge on any atom is -0.399 e. The Morgan fingerprint density at radius 1 is 1.50 bits per heavy atom. The van der Waals surface area contributed by atoms with Crippen molar-refractivity contribution >= 4 is 5.69 Å². The molecule has 0 saturated carbocycles. The average Bonchev–Trinajstić information content (AvgIpc) is 2.83. The topological polar surface area (TPSA) is 76.7 Å². The molecule has 3 N–H and O–H groups in total. The highest BCUT2D eigenvalue weighted by molar-refractivity contribution is 5.47. The van der Waals surface area contributed by atoms with Crippen LogP contribution < -0.4 is 11.4 Å². The molecule has 0 bridgehead atoms. The van der Waals surface area contributed by atoms with Crippen LogP contribution in [0.4, 0.5) is 5.69 Å². The molecule has 1 aromatic heterocycles. The Balaban J connectivity index is 2.10. The molecule has 82 valence electrons. The molecule has 5 nitrogen and oxygen atoms in total. The fraction of sp³-hybridized carbons (Fsp3) is 0.273. The monoisotopic (exact) mass is 216 g/mol. The van der Waals surface area contributed by atoms with Gasteiger partial charge in [-0.05, 0) is 36.1 Å². The van der Waals surface area contributed by atoms with Crippen molar-refractivity contribution in [3.05, 3.63) is 46.1 Å². The normalized spacial score (nSPS) is 18.6. The van der Waals surface area contributed by atoms with Crippen LogP contribution >= 0.6 is 0 Å². The molecule has 3 rings (SSSR count). The molecule has 0 amide bonds. The van der Waals surface area contributed by atoms with E-state index in [2.05, 4.69) is 10.2 Å². The van der Waals surface area contributed by atoms with Gasteiger partial charge in [-0.2, -0.15) is 5.10 Å². The van der Waals surface area contributed by atoms with Crippen molar-refractivity contribution in [2.24, 2.45) is 0 Å². The van der Waals surface area contributed by atoms with Crippen LogP contribution in [0.25, 0.3) is 0 Å². The largest absolute Gasteiger partial charge is 0.399 e. The maximum Gasteiger partial charge on any atom is 0.343 e. The van der Waals surface area contributed by atoms with E-state index in [0.29, 0.717) is 0 Å². The Hall–Kier alpha value is -2.04. The van der Waals surface area contributed by atoms with E-state index >= 15 is 0 Å². The molecule has 1 aliphatic carbocycles. The summed E-state index contributed by atoms with van der Waals surface area (Å²) in [6.07, 6.45) is 3.44. The number of fused-ring (bicyclic) bond motifs is 1. The number of nitrogens with one attached hydrogen (secondary N) is 1. The highest BCUT2D eigenvalue weighted by Crippen LogP contribution is 2.34. The first-order valence-electron chi connectivity index (χ1n) is 5.25. The number of rotatable bonds is 1. The quantitative estimate of drug-likeness (QED) is 0.688. The van der Waals surface area contributed by atoms with Gasteiger partial charge in [0.15, 0.2) is 0 Å². The number of hydrogen-bond acceptors (Lipinski definition) is 3. The standard InChI is InChI=1S/C11H12N4O/c12-8-2-3-9-7(5-8)1-4-10(9)15-6-13-14-11(15)16/h2-3,5-6,10H,1,4,12H2,(H,14,16). The first-order valence-corrected chi connectivity index (χ1v) is 5.25. The zero-order chi connectivity index (χ0) is 11.1. The van der Waals surface area contributed by atoms with Gasteiger partial charge in [-0.1, -0.05) is 6.07 Å².